The van der Waals surface area contributed by atoms with Gasteiger partial charge in [0.05, 0.1) is 22.9 Å². The maximum atomic E-state index is 13.7. The molecule has 5 nitrogen and oxygen atoms in total. The van der Waals surface area contributed by atoms with Gasteiger partial charge in [-0.1, -0.05) is 6.07 Å². The average Bonchev–Trinajstić information content (AvgIpc) is 2.75. The van der Waals surface area contributed by atoms with Gasteiger partial charge >= 0.3 is 6.18 Å². The molecule has 0 fully saturated rings. The molecule has 1 aliphatic heterocycles. The molecule has 0 radical (unpaired) electrons. The zero-order chi connectivity index (χ0) is 20.0. The van der Waals surface area contributed by atoms with Crippen LogP contribution in [-0.2, 0) is 10.2 Å². The van der Waals surface area contributed by atoms with E-state index >= 15 is 0 Å². The molecule has 0 saturated heterocycles. The third-order valence-electron chi connectivity index (χ3n) is 4.35. The zero-order valence-corrected chi connectivity index (χ0v) is 14.4. The second-order valence-corrected chi connectivity index (χ2v) is 6.67. The van der Waals surface area contributed by atoms with Gasteiger partial charge in [-0.15, -0.1) is 0 Å². The Bertz CT molecular complexity index is 925. The summed E-state index contributed by atoms with van der Waals surface area (Å²) in [6, 6.07) is 5.41. The van der Waals surface area contributed by atoms with Crippen molar-refractivity contribution in [3.05, 3.63) is 53.6 Å². The Labute approximate surface area is 152 Å². The molecule has 0 atom stereocenters. The molecule has 2 aromatic rings. The lowest BCUT2D eigenvalue weighted by atomic mass is 9.86. The topological polar surface area (TPSA) is 62.3 Å². The molecule has 142 valence electrons. The lowest BCUT2D eigenvalue weighted by Crippen LogP contribution is -2.41. The van der Waals surface area contributed by atoms with Crippen molar-refractivity contribution >= 4 is 23.2 Å². The molecule has 1 N–H and O–H groups in total. The quantitative estimate of drug-likeness (QED) is 0.826. The molecule has 2 heterocycles. The van der Waals surface area contributed by atoms with Gasteiger partial charge < -0.3 is 10.2 Å². The highest BCUT2D eigenvalue weighted by Crippen LogP contribution is 2.43. The lowest BCUT2D eigenvalue weighted by Gasteiger charge is -2.21. The number of amides is 2. The van der Waals surface area contributed by atoms with Crippen molar-refractivity contribution in [1.29, 1.82) is 0 Å². The Hall–Kier alpha value is -2.97. The third-order valence-corrected chi connectivity index (χ3v) is 4.35. The normalized spacial score (nSPS) is 15.6. The number of aromatic nitrogens is 1. The fourth-order valence-electron chi connectivity index (χ4n) is 3.02. The number of fused-ring (bicyclic) bond motifs is 1. The Balaban J connectivity index is 1.95. The molecule has 9 heteroatoms. The minimum Gasteiger partial charge on any atom is -0.322 e. The fraction of sp³-hybridized carbons (Fsp3) is 0.278. The van der Waals surface area contributed by atoms with Gasteiger partial charge in [-0.3, -0.25) is 14.6 Å². The summed E-state index contributed by atoms with van der Waals surface area (Å²) in [6.45, 7) is 1.64. The van der Waals surface area contributed by atoms with Crippen LogP contribution in [0.3, 0.4) is 0 Å². The van der Waals surface area contributed by atoms with Crippen LogP contribution in [0.4, 0.5) is 28.9 Å². The van der Waals surface area contributed by atoms with Crippen LogP contribution in [0.2, 0.25) is 0 Å². The summed E-state index contributed by atoms with van der Waals surface area (Å²) in [5, 5.41) is 2.43. The van der Waals surface area contributed by atoms with Gasteiger partial charge in [0.2, 0.25) is 5.91 Å². The van der Waals surface area contributed by atoms with E-state index in [0.29, 0.717) is 10.5 Å². The first-order valence-electron chi connectivity index (χ1n) is 7.95. The summed E-state index contributed by atoms with van der Waals surface area (Å²) in [4.78, 5) is 28.8. The first kappa shape index (κ1) is 18.8. The number of rotatable bonds is 3. The van der Waals surface area contributed by atoms with Crippen LogP contribution in [0.25, 0.3) is 0 Å². The number of hydrogen-bond acceptors (Lipinski definition) is 3. The first-order valence-corrected chi connectivity index (χ1v) is 7.95. The molecule has 1 aromatic heterocycles. The highest BCUT2D eigenvalue weighted by Gasteiger charge is 2.47. The van der Waals surface area contributed by atoms with E-state index < -0.39 is 35.8 Å². The van der Waals surface area contributed by atoms with Crippen molar-refractivity contribution in [2.24, 2.45) is 0 Å². The minimum absolute atomic E-state index is 0.0651. The van der Waals surface area contributed by atoms with Crippen molar-refractivity contribution in [1.82, 2.24) is 4.98 Å². The van der Waals surface area contributed by atoms with Crippen LogP contribution in [0.1, 0.15) is 29.8 Å². The predicted molar refractivity (Wildman–Crippen MR) is 90.0 cm³/mol. The van der Waals surface area contributed by atoms with Crippen molar-refractivity contribution < 1.29 is 27.2 Å². The maximum absolute atomic E-state index is 13.7. The molecular weight excluding hydrogens is 366 g/mol. The average molecular weight is 381 g/mol. The molecule has 0 unspecified atom stereocenters. The Morgan fingerprint density at radius 1 is 1.26 bits per heavy atom. The van der Waals surface area contributed by atoms with Gasteiger partial charge in [-0.25, -0.2) is 4.39 Å². The molecule has 3 rings (SSSR count). The van der Waals surface area contributed by atoms with E-state index in [1.165, 1.54) is 44.3 Å². The molecule has 2 amide bonds. The van der Waals surface area contributed by atoms with Gasteiger partial charge in [0.25, 0.3) is 5.91 Å². The molecule has 1 aliphatic rings. The molecule has 0 bridgehead atoms. The highest BCUT2D eigenvalue weighted by molar-refractivity contribution is 6.09. The van der Waals surface area contributed by atoms with Crippen LogP contribution >= 0.6 is 0 Å². The van der Waals surface area contributed by atoms with Crippen LogP contribution in [0.5, 0.6) is 0 Å². The Kier molecular flexibility index (Phi) is 4.41. The van der Waals surface area contributed by atoms with Crippen LogP contribution in [-0.4, -0.2) is 29.5 Å². The zero-order valence-electron chi connectivity index (χ0n) is 14.4. The summed E-state index contributed by atoms with van der Waals surface area (Å²) < 4.78 is 52.3. The second-order valence-electron chi connectivity index (χ2n) is 6.67. The number of halogens is 4. The first-order chi connectivity index (χ1) is 12.5. The minimum atomic E-state index is -4.58. The number of anilines is 2. The fourth-order valence-corrected chi connectivity index (χ4v) is 3.02. The van der Waals surface area contributed by atoms with Gasteiger partial charge in [0.1, 0.15) is 6.54 Å². The SMILES string of the molecule is CC1(C)C(=O)N(CC(F)(F)F)c2cc(NC(=O)c3ccncc3F)ccc21. The lowest BCUT2D eigenvalue weighted by molar-refractivity contribution is -0.134. The Morgan fingerprint density at radius 3 is 2.59 bits per heavy atom. The second kappa shape index (κ2) is 6.33. The molecule has 1 aromatic carbocycles. The number of alkyl halides is 3. The molecular formula is C18H15F4N3O2. The maximum Gasteiger partial charge on any atom is 0.406 e. The number of carbonyl (C=O) groups excluding carboxylic acids is 2. The Morgan fingerprint density at radius 2 is 1.96 bits per heavy atom. The van der Waals surface area contributed by atoms with E-state index in [4.69, 9.17) is 0 Å². The molecule has 0 spiro atoms. The van der Waals surface area contributed by atoms with E-state index in [0.717, 1.165) is 6.20 Å². The van der Waals surface area contributed by atoms with E-state index in [-0.39, 0.29) is 16.9 Å². The summed E-state index contributed by atoms with van der Waals surface area (Å²) in [6.07, 6.45) is -2.45. The van der Waals surface area contributed by atoms with E-state index in [2.05, 4.69) is 10.3 Å². The molecule has 0 aliphatic carbocycles. The predicted octanol–water partition coefficient (Wildman–Crippen LogP) is 3.66. The summed E-state index contributed by atoms with van der Waals surface area (Å²) in [5.74, 6) is -2.29. The number of hydrogen-bond donors (Lipinski definition) is 1. The summed E-state index contributed by atoms with van der Waals surface area (Å²) in [5.41, 5.74) is -0.748. The van der Waals surface area contributed by atoms with E-state index in [1.807, 2.05) is 0 Å². The number of carbonyl (C=O) groups is 2. The highest BCUT2D eigenvalue weighted by atomic mass is 19.4. The van der Waals surface area contributed by atoms with Crippen molar-refractivity contribution in [2.75, 3.05) is 16.8 Å². The van der Waals surface area contributed by atoms with E-state index in [1.54, 1.807) is 0 Å². The smallest absolute Gasteiger partial charge is 0.322 e. The largest absolute Gasteiger partial charge is 0.406 e. The van der Waals surface area contributed by atoms with Gasteiger partial charge in [0, 0.05) is 11.9 Å². The summed E-state index contributed by atoms with van der Waals surface area (Å²) in [7, 11) is 0. The van der Waals surface area contributed by atoms with Crippen molar-refractivity contribution in [3.8, 4) is 0 Å². The third kappa shape index (κ3) is 3.49. The van der Waals surface area contributed by atoms with Crippen LogP contribution < -0.4 is 10.2 Å². The number of benzene rings is 1. The van der Waals surface area contributed by atoms with Crippen LogP contribution in [0.15, 0.2) is 36.7 Å². The monoisotopic (exact) mass is 381 g/mol. The summed E-state index contributed by atoms with van der Waals surface area (Å²) >= 11 is 0. The van der Waals surface area contributed by atoms with Crippen molar-refractivity contribution in [2.45, 2.75) is 25.4 Å². The van der Waals surface area contributed by atoms with Gasteiger partial charge in [-0.2, -0.15) is 13.2 Å². The standard InChI is InChI=1S/C18H15F4N3O2/c1-17(2)12-4-3-10(24-15(26)11-5-6-23-8-13(11)19)7-14(12)25(16(17)27)9-18(20,21)22/h3-8H,9H2,1-2H3,(H,24,26). The van der Waals surface area contributed by atoms with Gasteiger partial charge in [0.15, 0.2) is 5.82 Å². The van der Waals surface area contributed by atoms with Crippen LogP contribution in [0, 0.1) is 5.82 Å². The van der Waals surface area contributed by atoms with E-state index in [9.17, 15) is 27.2 Å². The number of nitrogens with zero attached hydrogens (tertiary/aromatic N) is 2. The van der Waals surface area contributed by atoms with Gasteiger partial charge in [-0.05, 0) is 37.6 Å². The van der Waals surface area contributed by atoms with Crippen molar-refractivity contribution in [3.63, 3.8) is 0 Å². The number of nitrogens with one attached hydrogen (secondary N) is 1. The molecule has 0 saturated carbocycles. The molecule has 27 heavy (non-hydrogen) atoms. The number of pyridine rings is 1.